The zero-order valence-electron chi connectivity index (χ0n) is 8.02. The van der Waals surface area contributed by atoms with Gasteiger partial charge in [0.05, 0.1) is 13.0 Å². The molecule has 0 saturated carbocycles. The average molecular weight is 252 g/mol. The summed E-state index contributed by atoms with van der Waals surface area (Å²) >= 11 is 2.85. The van der Waals surface area contributed by atoms with Crippen LogP contribution < -0.4 is 0 Å². The number of carbonyl (C=O) groups is 1. The fourth-order valence-electron chi connectivity index (χ4n) is 1.01. The number of ether oxygens (including phenoxy) is 1. The van der Waals surface area contributed by atoms with E-state index in [4.69, 9.17) is 4.74 Å². The van der Waals surface area contributed by atoms with E-state index in [0.29, 0.717) is 11.9 Å². The molecule has 1 rings (SSSR count). The lowest BCUT2D eigenvalue weighted by atomic mass is 10.4. The minimum Gasteiger partial charge on any atom is -0.466 e. The van der Waals surface area contributed by atoms with Gasteiger partial charge in [0, 0.05) is 16.8 Å². The second-order valence-electron chi connectivity index (χ2n) is 2.71. The Balaban J connectivity index is 2.49. The predicted octanol–water partition coefficient (Wildman–Crippen LogP) is 3.13. The van der Waals surface area contributed by atoms with Gasteiger partial charge in [-0.1, -0.05) is 29.3 Å². The second kappa shape index (κ2) is 5.29. The summed E-state index contributed by atoms with van der Waals surface area (Å²) in [5.41, 5.74) is -2.40. The van der Waals surface area contributed by atoms with Crippen molar-refractivity contribution in [1.29, 1.82) is 0 Å². The fraction of sp³-hybridized carbons (Fsp3) is 0.625. The molecule has 3 nitrogen and oxygen atoms in total. The largest absolute Gasteiger partial charge is 0.466 e. The summed E-state index contributed by atoms with van der Waals surface area (Å²) in [6.07, 6.45) is 0.0884. The third-order valence-corrected chi connectivity index (χ3v) is 10.9. The Kier molecular flexibility index (Phi) is 4.61. The van der Waals surface area contributed by atoms with Crippen molar-refractivity contribution in [3.05, 3.63) is 11.9 Å². The summed E-state index contributed by atoms with van der Waals surface area (Å²) in [7, 11) is 0. The van der Waals surface area contributed by atoms with E-state index in [-0.39, 0.29) is 12.4 Å². The molecule has 1 heterocycles. The lowest BCUT2D eigenvalue weighted by molar-refractivity contribution is -0.142. The van der Waals surface area contributed by atoms with E-state index in [1.807, 2.05) is 0 Å². The van der Waals surface area contributed by atoms with Crippen LogP contribution in [0.1, 0.15) is 13.3 Å². The van der Waals surface area contributed by atoms with Crippen LogP contribution in [0, 0.1) is 0 Å². The number of esters is 1. The summed E-state index contributed by atoms with van der Waals surface area (Å²) in [6, 6.07) is 0. The number of carbonyl (C=O) groups excluding carboxylic acids is 1. The van der Waals surface area contributed by atoms with Gasteiger partial charge in [0.25, 0.3) is 0 Å². The number of hydrogen-bond donors (Lipinski definition) is 0. The van der Waals surface area contributed by atoms with Gasteiger partial charge in [0.2, 0.25) is 5.55 Å². The van der Waals surface area contributed by atoms with Crippen LogP contribution in [0.3, 0.4) is 0 Å². The highest BCUT2D eigenvalue weighted by molar-refractivity contribution is 8.93. The summed E-state index contributed by atoms with van der Waals surface area (Å²) in [4.78, 5) is 11.1. The first kappa shape index (κ1) is 12.2. The lowest BCUT2D eigenvalue weighted by Gasteiger charge is -2.11. The van der Waals surface area contributed by atoms with Crippen LogP contribution in [0.4, 0.5) is 0 Å². The molecule has 1 saturated heterocycles. The van der Waals surface area contributed by atoms with Gasteiger partial charge < -0.3 is 4.74 Å². The van der Waals surface area contributed by atoms with E-state index in [1.54, 1.807) is 6.92 Å². The van der Waals surface area contributed by atoms with Crippen molar-refractivity contribution in [3.8, 4) is 0 Å². The molecule has 0 atom stereocenters. The molecule has 0 N–H and O–H groups in total. The van der Waals surface area contributed by atoms with Gasteiger partial charge in [0.1, 0.15) is 0 Å². The number of hydrogen-bond acceptors (Lipinski definition) is 5. The first-order chi connectivity index (χ1) is 6.58. The maximum Gasteiger partial charge on any atom is 0.310 e. The number of rotatable bonds is 4. The Labute approximate surface area is 91.9 Å². The molecule has 80 valence electrons. The molecule has 0 bridgehead atoms. The van der Waals surface area contributed by atoms with Gasteiger partial charge in [0.15, 0.2) is 0 Å². The molecule has 0 aromatic carbocycles. The predicted molar refractivity (Wildman–Crippen MR) is 62.9 cm³/mol. The van der Waals surface area contributed by atoms with Gasteiger partial charge in [-0.25, -0.2) is 0 Å². The average Bonchev–Trinajstić information content (AvgIpc) is 2.54. The van der Waals surface area contributed by atoms with Crippen LogP contribution in [-0.4, -0.2) is 24.1 Å². The van der Waals surface area contributed by atoms with Crippen molar-refractivity contribution in [2.45, 2.75) is 13.3 Å². The molecule has 0 amide bonds. The zero-order valence-corrected chi connectivity index (χ0v) is 10.6. The van der Waals surface area contributed by atoms with Gasteiger partial charge in [-0.05, 0) is 6.92 Å². The normalized spacial score (nSPS) is 19.2. The quantitative estimate of drug-likeness (QED) is 0.568. The Bertz CT molecular complexity index is 280. The van der Waals surface area contributed by atoms with E-state index in [2.05, 4.69) is 6.58 Å². The molecule has 0 unspecified atom stereocenters. The van der Waals surface area contributed by atoms with Crippen molar-refractivity contribution >= 4 is 34.3 Å². The standard InChI is InChI=1S/C8H13O3PS2/c1-3-11-8(9)6-7(2)12(10)13-4-5-14-12/h2-6H2,1H3. The van der Waals surface area contributed by atoms with Gasteiger partial charge in [-0.3, -0.25) is 9.36 Å². The first-order valence-electron chi connectivity index (χ1n) is 4.31. The SMILES string of the molecule is C=C(CC(=O)OCC)P1(=O)SCCS1. The minimum atomic E-state index is -2.40. The summed E-state index contributed by atoms with van der Waals surface area (Å²) in [6.45, 7) is 5.83. The third kappa shape index (κ3) is 3.07. The van der Waals surface area contributed by atoms with E-state index in [0.717, 1.165) is 11.5 Å². The van der Waals surface area contributed by atoms with Gasteiger partial charge >= 0.3 is 5.97 Å². The van der Waals surface area contributed by atoms with E-state index in [1.165, 1.54) is 22.8 Å². The van der Waals surface area contributed by atoms with Crippen LogP contribution in [-0.2, 0) is 14.1 Å². The Morgan fingerprint density at radius 2 is 2.07 bits per heavy atom. The highest BCUT2D eigenvalue weighted by Gasteiger charge is 2.33. The fourth-order valence-corrected chi connectivity index (χ4v) is 9.35. The summed E-state index contributed by atoms with van der Waals surface area (Å²) in [5, 5.41) is 0.531. The Morgan fingerprint density at radius 1 is 1.50 bits per heavy atom. The van der Waals surface area contributed by atoms with Crippen molar-refractivity contribution < 1.29 is 14.1 Å². The highest BCUT2D eigenvalue weighted by Crippen LogP contribution is 2.78. The van der Waals surface area contributed by atoms with Crippen LogP contribution in [0.25, 0.3) is 0 Å². The zero-order chi connectivity index (χ0) is 10.6. The van der Waals surface area contributed by atoms with Crippen molar-refractivity contribution in [2.75, 3.05) is 18.1 Å². The molecule has 0 radical (unpaired) electrons. The summed E-state index contributed by atoms with van der Waals surface area (Å²) in [5.74, 6) is 1.42. The minimum absolute atomic E-state index is 0.0884. The Morgan fingerprint density at radius 3 is 2.57 bits per heavy atom. The van der Waals surface area contributed by atoms with Crippen molar-refractivity contribution in [2.24, 2.45) is 0 Å². The van der Waals surface area contributed by atoms with Crippen molar-refractivity contribution in [3.63, 3.8) is 0 Å². The molecule has 0 spiro atoms. The topological polar surface area (TPSA) is 43.4 Å². The monoisotopic (exact) mass is 252 g/mol. The molecule has 0 aromatic rings. The van der Waals surface area contributed by atoms with Crippen LogP contribution in [0.5, 0.6) is 0 Å². The molecule has 0 aliphatic carbocycles. The lowest BCUT2D eigenvalue weighted by Crippen LogP contribution is -2.03. The third-order valence-electron chi connectivity index (χ3n) is 1.65. The van der Waals surface area contributed by atoms with E-state index in [9.17, 15) is 9.36 Å². The maximum absolute atomic E-state index is 12.1. The van der Waals surface area contributed by atoms with Crippen molar-refractivity contribution in [1.82, 2.24) is 0 Å². The smallest absolute Gasteiger partial charge is 0.310 e. The molecule has 14 heavy (non-hydrogen) atoms. The van der Waals surface area contributed by atoms with E-state index < -0.39 is 5.55 Å². The molecular formula is C8H13O3PS2. The maximum atomic E-state index is 12.1. The molecule has 6 heteroatoms. The Hall–Kier alpha value is 0.140. The van der Waals surface area contributed by atoms with Gasteiger partial charge in [-0.2, -0.15) is 0 Å². The molecule has 1 aliphatic rings. The summed E-state index contributed by atoms with van der Waals surface area (Å²) < 4.78 is 16.8. The van der Waals surface area contributed by atoms with E-state index >= 15 is 0 Å². The van der Waals surface area contributed by atoms with Crippen LogP contribution >= 0.6 is 28.3 Å². The molecular weight excluding hydrogens is 239 g/mol. The molecule has 1 aliphatic heterocycles. The highest BCUT2D eigenvalue weighted by atomic mass is 33.1. The van der Waals surface area contributed by atoms with Crippen LogP contribution in [0.15, 0.2) is 11.9 Å². The molecule has 0 aromatic heterocycles. The molecule has 1 fully saturated rings. The first-order valence-corrected chi connectivity index (χ1v) is 9.20. The van der Waals surface area contributed by atoms with Crippen LogP contribution in [0.2, 0.25) is 0 Å². The van der Waals surface area contributed by atoms with Gasteiger partial charge in [-0.15, -0.1) is 0 Å². The second-order valence-corrected chi connectivity index (χ2v) is 11.0.